The largest absolute Gasteiger partial charge is 0.465 e. The average Bonchev–Trinajstić information content (AvgIpc) is 3.34. The first-order valence-electron chi connectivity index (χ1n) is 13.5. The first kappa shape index (κ1) is 29.5. The van der Waals surface area contributed by atoms with Crippen molar-refractivity contribution in [1.82, 2.24) is 0 Å². The number of thiophene rings is 1. The zero-order valence-electron chi connectivity index (χ0n) is 22.8. The summed E-state index contributed by atoms with van der Waals surface area (Å²) in [7, 11) is -0.459. The summed E-state index contributed by atoms with van der Waals surface area (Å²) in [4.78, 5) is 13.6. The van der Waals surface area contributed by atoms with E-state index >= 15 is 0 Å². The van der Waals surface area contributed by atoms with Crippen molar-refractivity contribution in [3.8, 4) is 0 Å². The van der Waals surface area contributed by atoms with Crippen LogP contribution in [0.15, 0.2) is 12.1 Å². The van der Waals surface area contributed by atoms with Crippen LogP contribution in [-0.2, 0) is 15.6 Å². The molecule has 0 saturated heterocycles. The molecule has 0 aromatic carbocycles. The van der Waals surface area contributed by atoms with Crippen molar-refractivity contribution < 1.29 is 19.1 Å². The first-order chi connectivity index (χ1) is 16.0. The van der Waals surface area contributed by atoms with Crippen LogP contribution in [0, 0.1) is 11.8 Å². The third-order valence-corrected chi connectivity index (χ3v) is 13.8. The molecule has 4 atom stereocenters. The van der Waals surface area contributed by atoms with Crippen LogP contribution in [0.4, 0.5) is 0 Å². The van der Waals surface area contributed by atoms with Crippen molar-refractivity contribution >= 4 is 25.6 Å². The number of carbonyl (C=O) groups excluding carboxylic acids is 1. The summed E-state index contributed by atoms with van der Waals surface area (Å²) in [5, 5.41) is 11.3. The molecule has 0 bridgehead atoms. The van der Waals surface area contributed by atoms with E-state index in [1.165, 1.54) is 68.3 Å². The second kappa shape index (κ2) is 13.6. The van der Waals surface area contributed by atoms with Gasteiger partial charge in [-0.3, -0.25) is 0 Å². The quantitative estimate of drug-likeness (QED) is 0.156. The number of methoxy groups -OCH3 is 1. The summed E-state index contributed by atoms with van der Waals surface area (Å²) in [5.41, 5.74) is 0. The first-order valence-corrected chi connectivity index (χ1v) is 17.3. The Kier molecular flexibility index (Phi) is 11.8. The molecule has 1 aliphatic carbocycles. The standard InChI is InChI=1S/C28H50O4SSi/c1-8-9-10-11-12-13-16-23-22(17-14-15-21-18-19-26(33-21)27(30)31-5)24(29)20-25(23)32-34(6,7)28(2,3)4/h18-19,22-25,29H,8-17,20H2,1-7H3/t22-,23-,24+,25-/m1/s1. The summed E-state index contributed by atoms with van der Waals surface area (Å²) in [5.74, 6) is 0.502. The molecule has 1 aromatic heterocycles. The molecule has 2 rings (SSSR count). The predicted octanol–water partition coefficient (Wildman–Crippen LogP) is 8.00. The van der Waals surface area contributed by atoms with Crippen molar-refractivity contribution in [2.75, 3.05) is 7.11 Å². The van der Waals surface area contributed by atoms with E-state index in [0.717, 1.165) is 25.7 Å². The minimum atomic E-state index is -1.88. The van der Waals surface area contributed by atoms with Gasteiger partial charge in [-0.25, -0.2) is 4.79 Å². The van der Waals surface area contributed by atoms with Gasteiger partial charge < -0.3 is 14.3 Å². The van der Waals surface area contributed by atoms with Crippen molar-refractivity contribution in [3.63, 3.8) is 0 Å². The molecule has 6 heteroatoms. The van der Waals surface area contributed by atoms with Gasteiger partial charge in [0.1, 0.15) is 4.88 Å². The lowest BCUT2D eigenvalue weighted by Gasteiger charge is -2.40. The van der Waals surface area contributed by atoms with Gasteiger partial charge in [0.05, 0.1) is 19.3 Å². The minimum absolute atomic E-state index is 0.178. The normalized spacial score (nSPS) is 23.4. The lowest BCUT2D eigenvalue weighted by molar-refractivity contribution is 0.0606. The lowest BCUT2D eigenvalue weighted by atomic mass is 9.85. The third kappa shape index (κ3) is 8.46. The van der Waals surface area contributed by atoms with E-state index in [1.54, 1.807) is 0 Å². The molecule has 1 heterocycles. The minimum Gasteiger partial charge on any atom is -0.465 e. The molecule has 1 aliphatic rings. The van der Waals surface area contributed by atoms with Crippen LogP contribution in [0.1, 0.15) is 106 Å². The van der Waals surface area contributed by atoms with E-state index in [4.69, 9.17) is 9.16 Å². The molecule has 0 unspecified atom stereocenters. The van der Waals surface area contributed by atoms with Crippen LogP contribution in [0.3, 0.4) is 0 Å². The molecule has 4 nitrogen and oxygen atoms in total. The molecule has 0 spiro atoms. The highest BCUT2D eigenvalue weighted by Gasteiger charge is 2.47. The summed E-state index contributed by atoms with van der Waals surface area (Å²) < 4.78 is 11.7. The zero-order valence-corrected chi connectivity index (χ0v) is 24.6. The summed E-state index contributed by atoms with van der Waals surface area (Å²) in [6.45, 7) is 13.8. The Balaban J connectivity index is 2.00. The highest BCUT2D eigenvalue weighted by molar-refractivity contribution is 7.13. The van der Waals surface area contributed by atoms with Gasteiger partial charge in [-0.2, -0.15) is 0 Å². The molecule has 1 aromatic rings. The number of aryl methyl sites for hydroxylation is 1. The molecule has 0 aliphatic heterocycles. The Labute approximate surface area is 214 Å². The van der Waals surface area contributed by atoms with Crippen LogP contribution in [0.5, 0.6) is 0 Å². The fraction of sp³-hybridized carbons (Fsp3) is 0.821. The third-order valence-electron chi connectivity index (χ3n) is 8.15. The van der Waals surface area contributed by atoms with Gasteiger partial charge in [0.15, 0.2) is 8.32 Å². The maximum Gasteiger partial charge on any atom is 0.348 e. The van der Waals surface area contributed by atoms with Gasteiger partial charge in [-0.1, -0.05) is 66.2 Å². The molecular formula is C28H50O4SSi. The molecule has 1 N–H and O–H groups in total. The van der Waals surface area contributed by atoms with Crippen molar-refractivity contribution in [3.05, 3.63) is 21.9 Å². The van der Waals surface area contributed by atoms with Crippen molar-refractivity contribution in [2.24, 2.45) is 11.8 Å². The van der Waals surface area contributed by atoms with Crippen LogP contribution in [0.25, 0.3) is 0 Å². The zero-order chi connectivity index (χ0) is 25.4. The number of hydrogen-bond donors (Lipinski definition) is 1. The maximum absolute atomic E-state index is 11.7. The van der Waals surface area contributed by atoms with Crippen LogP contribution in [-0.4, -0.2) is 38.7 Å². The van der Waals surface area contributed by atoms with Gasteiger partial charge in [-0.15, -0.1) is 11.3 Å². The van der Waals surface area contributed by atoms with E-state index in [0.29, 0.717) is 16.7 Å². The molecule has 1 saturated carbocycles. The fourth-order valence-electron chi connectivity index (χ4n) is 5.04. The number of ether oxygens (including phenoxy) is 1. The average molecular weight is 511 g/mol. The number of hydrogen-bond acceptors (Lipinski definition) is 5. The molecule has 196 valence electrons. The lowest BCUT2D eigenvalue weighted by Crippen LogP contribution is -2.45. The van der Waals surface area contributed by atoms with E-state index in [2.05, 4.69) is 40.8 Å². The molecule has 1 fully saturated rings. The highest BCUT2D eigenvalue weighted by atomic mass is 32.1. The monoisotopic (exact) mass is 510 g/mol. The SMILES string of the molecule is CCCCCCCC[C@@H]1[C@@H](CCCc2ccc(C(=O)OC)s2)[C@@H](O)C[C@H]1O[Si](C)(C)C(C)(C)C. The van der Waals surface area contributed by atoms with Gasteiger partial charge >= 0.3 is 5.97 Å². The molecular weight excluding hydrogens is 460 g/mol. The maximum atomic E-state index is 11.7. The van der Waals surface area contributed by atoms with Crippen LogP contribution >= 0.6 is 11.3 Å². The Morgan fingerprint density at radius 3 is 2.35 bits per heavy atom. The molecule has 0 radical (unpaired) electrons. The van der Waals surface area contributed by atoms with E-state index in [-0.39, 0.29) is 23.2 Å². The van der Waals surface area contributed by atoms with E-state index < -0.39 is 8.32 Å². The van der Waals surface area contributed by atoms with Gasteiger partial charge in [-0.05, 0) is 74.2 Å². The summed E-state index contributed by atoms with van der Waals surface area (Å²) in [6, 6.07) is 3.90. The number of esters is 1. The van der Waals surface area contributed by atoms with Gasteiger partial charge in [0.2, 0.25) is 0 Å². The van der Waals surface area contributed by atoms with Crippen LogP contribution in [0.2, 0.25) is 18.1 Å². The highest BCUT2D eigenvalue weighted by Crippen LogP contribution is 2.45. The second-order valence-corrected chi connectivity index (χ2v) is 17.7. The number of aliphatic hydroxyl groups excluding tert-OH is 1. The summed E-state index contributed by atoms with van der Waals surface area (Å²) >= 11 is 1.53. The number of rotatable bonds is 14. The fourth-order valence-corrected chi connectivity index (χ4v) is 7.39. The number of aliphatic hydroxyl groups is 1. The van der Waals surface area contributed by atoms with Gasteiger partial charge in [0, 0.05) is 4.88 Å². The second-order valence-electron chi connectivity index (χ2n) is 11.8. The number of unbranched alkanes of at least 4 members (excludes halogenated alkanes) is 5. The van der Waals surface area contributed by atoms with E-state index in [9.17, 15) is 9.90 Å². The van der Waals surface area contributed by atoms with Crippen LogP contribution < -0.4 is 0 Å². The van der Waals surface area contributed by atoms with Crippen molar-refractivity contribution in [1.29, 1.82) is 0 Å². The Bertz CT molecular complexity index is 739. The Hall–Kier alpha value is -0.693. The predicted molar refractivity (Wildman–Crippen MR) is 146 cm³/mol. The van der Waals surface area contributed by atoms with Crippen molar-refractivity contribution in [2.45, 2.75) is 129 Å². The van der Waals surface area contributed by atoms with Gasteiger partial charge in [0.25, 0.3) is 0 Å². The summed E-state index contributed by atoms with van der Waals surface area (Å²) in [6.07, 6.45) is 12.7. The van der Waals surface area contributed by atoms with E-state index in [1.807, 2.05) is 12.1 Å². The Morgan fingerprint density at radius 2 is 1.71 bits per heavy atom. The smallest absolute Gasteiger partial charge is 0.348 e. The Morgan fingerprint density at radius 1 is 1.06 bits per heavy atom. The topological polar surface area (TPSA) is 55.8 Å². The number of carbonyl (C=O) groups is 1. The molecule has 34 heavy (non-hydrogen) atoms. The molecule has 0 amide bonds.